The summed E-state index contributed by atoms with van der Waals surface area (Å²) in [5.41, 5.74) is 23.2. The van der Waals surface area contributed by atoms with Gasteiger partial charge in [0.25, 0.3) is 0 Å². The molecule has 0 saturated carbocycles. The Hall–Kier alpha value is -3.71. The van der Waals surface area contributed by atoms with Gasteiger partial charge in [-0.3, -0.25) is 24.2 Å². The van der Waals surface area contributed by atoms with Crippen molar-refractivity contribution >= 4 is 29.7 Å². The van der Waals surface area contributed by atoms with Crippen LogP contribution in [0.25, 0.3) is 0 Å². The maximum atomic E-state index is 13.2. The number of carbonyl (C=O) groups excluding carboxylic acids is 3. The molecule has 0 radical (unpaired) electrons. The number of nitrogens with zero attached hydrogens (tertiary/aromatic N) is 1. The minimum atomic E-state index is -1.21. The van der Waals surface area contributed by atoms with E-state index < -0.39 is 47.9 Å². The molecule has 13 nitrogen and oxygen atoms in total. The number of hydrogen-bond acceptors (Lipinski definition) is 7. The number of nitrogens with one attached hydrogen (secondary N) is 3. The number of nitrogens with two attached hydrogens (primary N) is 4. The number of benzene rings is 1. The van der Waals surface area contributed by atoms with E-state index in [2.05, 4.69) is 20.9 Å². The van der Waals surface area contributed by atoms with Gasteiger partial charge in [0, 0.05) is 6.54 Å². The van der Waals surface area contributed by atoms with Crippen LogP contribution in [0.4, 0.5) is 0 Å². The van der Waals surface area contributed by atoms with Crippen LogP contribution in [0.1, 0.15) is 44.6 Å². The molecule has 0 aliphatic heterocycles. The minimum Gasteiger partial charge on any atom is -0.480 e. The van der Waals surface area contributed by atoms with Gasteiger partial charge in [-0.2, -0.15) is 0 Å². The van der Waals surface area contributed by atoms with Crippen LogP contribution in [0.2, 0.25) is 0 Å². The fourth-order valence-corrected chi connectivity index (χ4v) is 3.42. The zero-order valence-corrected chi connectivity index (χ0v) is 21.2. The summed E-state index contributed by atoms with van der Waals surface area (Å²) in [4.78, 5) is 53.7. The van der Waals surface area contributed by atoms with E-state index in [-0.39, 0.29) is 31.8 Å². The normalized spacial score (nSPS) is 13.9. The monoisotopic (exact) mass is 520 g/mol. The second-order valence-corrected chi connectivity index (χ2v) is 8.72. The third kappa shape index (κ3) is 12.7. The number of aliphatic carboxylic acids is 1. The maximum absolute atomic E-state index is 13.2. The number of hydrogen-bond donors (Lipinski definition) is 8. The SMILES string of the molecule is CC(NC(=O)C(CCCCN)NC(=O)C(CCCN=C(N)N)NC(=O)C(N)Cc1ccccc1)C(=O)O. The lowest BCUT2D eigenvalue weighted by Crippen LogP contribution is -2.57. The zero-order valence-electron chi connectivity index (χ0n) is 21.2. The van der Waals surface area contributed by atoms with Gasteiger partial charge in [-0.15, -0.1) is 0 Å². The van der Waals surface area contributed by atoms with Crippen LogP contribution in [-0.2, 0) is 25.6 Å². The van der Waals surface area contributed by atoms with Crippen molar-refractivity contribution in [3.8, 4) is 0 Å². The molecule has 3 amide bonds. The first-order chi connectivity index (χ1) is 17.5. The summed E-state index contributed by atoms with van der Waals surface area (Å²) in [5.74, 6) is -3.10. The Bertz CT molecular complexity index is 908. The Balaban J connectivity index is 2.96. The second-order valence-electron chi connectivity index (χ2n) is 8.72. The highest BCUT2D eigenvalue weighted by atomic mass is 16.4. The Morgan fingerprint density at radius 3 is 2.03 bits per heavy atom. The van der Waals surface area contributed by atoms with E-state index >= 15 is 0 Å². The van der Waals surface area contributed by atoms with E-state index in [4.69, 9.17) is 28.0 Å². The van der Waals surface area contributed by atoms with E-state index in [1.807, 2.05) is 30.3 Å². The van der Waals surface area contributed by atoms with E-state index in [9.17, 15) is 19.2 Å². The maximum Gasteiger partial charge on any atom is 0.325 e. The van der Waals surface area contributed by atoms with Gasteiger partial charge in [0.15, 0.2) is 5.96 Å². The van der Waals surface area contributed by atoms with Crippen molar-refractivity contribution in [1.29, 1.82) is 0 Å². The summed E-state index contributed by atoms with van der Waals surface area (Å²) in [6, 6.07) is 5.11. The third-order valence-corrected chi connectivity index (χ3v) is 5.52. The predicted octanol–water partition coefficient (Wildman–Crippen LogP) is -1.70. The molecule has 0 aromatic heterocycles. The van der Waals surface area contributed by atoms with Gasteiger partial charge in [-0.1, -0.05) is 30.3 Å². The van der Waals surface area contributed by atoms with Gasteiger partial charge >= 0.3 is 5.97 Å². The van der Waals surface area contributed by atoms with Crippen LogP contribution < -0.4 is 38.9 Å². The van der Waals surface area contributed by atoms with Crippen LogP contribution in [-0.4, -0.2) is 72.0 Å². The summed E-state index contributed by atoms with van der Waals surface area (Å²) in [6.45, 7) is 1.95. The summed E-state index contributed by atoms with van der Waals surface area (Å²) in [5, 5.41) is 16.8. The highest BCUT2D eigenvalue weighted by Gasteiger charge is 2.29. The molecule has 4 unspecified atom stereocenters. The fraction of sp³-hybridized carbons (Fsp3) is 0.542. The number of carbonyl (C=O) groups is 4. The van der Waals surface area contributed by atoms with Crippen LogP contribution in [0.5, 0.6) is 0 Å². The quantitative estimate of drug-likeness (QED) is 0.0662. The average molecular weight is 521 g/mol. The number of unbranched alkanes of at least 4 members (excludes halogenated alkanes) is 1. The average Bonchev–Trinajstić information content (AvgIpc) is 2.85. The van der Waals surface area contributed by atoms with E-state index in [0.29, 0.717) is 25.8 Å². The molecule has 4 atom stereocenters. The smallest absolute Gasteiger partial charge is 0.325 e. The lowest BCUT2D eigenvalue weighted by atomic mass is 10.0. The standard InChI is InChI=1S/C24H40N8O5/c1-15(23(36)37)30-21(34)18(10-5-6-12-25)32-22(35)19(11-7-13-29-24(27)28)31-20(33)17(26)14-16-8-3-2-4-9-16/h2-4,8-9,15,17-19H,5-7,10-14,25-26H2,1H3,(H,30,34)(H,31,33)(H,32,35)(H,36,37)(H4,27,28,29). The van der Waals surface area contributed by atoms with Crippen LogP contribution in [0.15, 0.2) is 35.3 Å². The number of amides is 3. The van der Waals surface area contributed by atoms with Crippen molar-refractivity contribution in [1.82, 2.24) is 16.0 Å². The second kappa shape index (κ2) is 16.9. The number of aliphatic imine (C=N–C) groups is 1. The topological polar surface area (TPSA) is 241 Å². The first kappa shape index (κ1) is 31.3. The molecule has 0 fully saturated rings. The van der Waals surface area contributed by atoms with Gasteiger partial charge in [-0.25, -0.2) is 0 Å². The van der Waals surface area contributed by atoms with Gasteiger partial charge in [-0.05, 0) is 57.6 Å². The highest BCUT2D eigenvalue weighted by Crippen LogP contribution is 2.07. The first-order valence-electron chi connectivity index (χ1n) is 12.2. The molecule has 1 aromatic rings. The molecule has 13 heteroatoms. The van der Waals surface area contributed by atoms with Crippen LogP contribution in [0, 0.1) is 0 Å². The van der Waals surface area contributed by atoms with E-state index in [1.54, 1.807) is 0 Å². The van der Waals surface area contributed by atoms with Gasteiger partial charge in [0.2, 0.25) is 17.7 Å². The Kier molecular flexibility index (Phi) is 14.3. The minimum absolute atomic E-state index is 0.0980. The van der Waals surface area contributed by atoms with E-state index in [0.717, 1.165) is 5.56 Å². The molecular formula is C24H40N8O5. The largest absolute Gasteiger partial charge is 0.480 e. The van der Waals surface area contributed by atoms with Crippen molar-refractivity contribution in [3.05, 3.63) is 35.9 Å². The van der Waals surface area contributed by atoms with Gasteiger partial charge in [0.05, 0.1) is 6.04 Å². The van der Waals surface area contributed by atoms with Crippen molar-refractivity contribution < 1.29 is 24.3 Å². The molecular weight excluding hydrogens is 480 g/mol. The van der Waals surface area contributed by atoms with Crippen LogP contribution in [0.3, 0.4) is 0 Å². The van der Waals surface area contributed by atoms with Crippen LogP contribution >= 0.6 is 0 Å². The van der Waals surface area contributed by atoms with Crippen molar-refractivity contribution in [2.75, 3.05) is 13.1 Å². The lowest BCUT2D eigenvalue weighted by Gasteiger charge is -2.25. The summed E-state index contributed by atoms with van der Waals surface area (Å²) < 4.78 is 0. The van der Waals surface area contributed by atoms with E-state index in [1.165, 1.54) is 6.92 Å². The lowest BCUT2D eigenvalue weighted by molar-refractivity contribution is -0.141. The molecule has 0 bridgehead atoms. The molecule has 12 N–H and O–H groups in total. The molecule has 0 saturated heterocycles. The number of carboxylic acids is 1. The highest BCUT2D eigenvalue weighted by molar-refractivity contribution is 5.94. The van der Waals surface area contributed by atoms with Gasteiger partial charge < -0.3 is 44.0 Å². The number of carboxylic acid groups (broad SMARTS) is 1. The molecule has 206 valence electrons. The molecule has 0 heterocycles. The third-order valence-electron chi connectivity index (χ3n) is 5.52. The summed E-state index contributed by atoms with van der Waals surface area (Å²) >= 11 is 0. The van der Waals surface area contributed by atoms with Crippen molar-refractivity contribution in [3.63, 3.8) is 0 Å². The molecule has 0 aliphatic carbocycles. The zero-order chi connectivity index (χ0) is 27.8. The molecule has 0 aliphatic rings. The Labute approximate surface area is 216 Å². The predicted molar refractivity (Wildman–Crippen MR) is 140 cm³/mol. The molecule has 37 heavy (non-hydrogen) atoms. The fourth-order valence-electron chi connectivity index (χ4n) is 3.42. The molecule has 0 spiro atoms. The number of rotatable bonds is 17. The summed E-state index contributed by atoms with van der Waals surface area (Å²) in [7, 11) is 0. The van der Waals surface area contributed by atoms with Crippen molar-refractivity contribution in [2.45, 2.75) is 69.6 Å². The number of guanidine groups is 1. The van der Waals surface area contributed by atoms with Gasteiger partial charge in [0.1, 0.15) is 18.1 Å². The van der Waals surface area contributed by atoms with Crippen molar-refractivity contribution in [2.24, 2.45) is 27.9 Å². The first-order valence-corrected chi connectivity index (χ1v) is 12.2. The molecule has 1 rings (SSSR count). The summed E-state index contributed by atoms with van der Waals surface area (Å²) in [6.07, 6.45) is 2.19. The Morgan fingerprint density at radius 2 is 1.46 bits per heavy atom. The Morgan fingerprint density at radius 1 is 0.892 bits per heavy atom. The molecule has 1 aromatic carbocycles.